The largest absolute Gasteiger partial charge is 0.399 e. The normalized spacial score (nSPS) is 10.3. The lowest BCUT2D eigenvalue weighted by atomic mass is 10.1. The Morgan fingerprint density at radius 3 is 2.35 bits per heavy atom. The zero-order chi connectivity index (χ0) is 14.7. The van der Waals surface area contributed by atoms with Crippen molar-refractivity contribution in [2.24, 2.45) is 0 Å². The monoisotopic (exact) mass is 460 g/mol. The van der Waals surface area contributed by atoms with E-state index in [-0.39, 0.29) is 12.3 Å². The number of carbonyl (C=O) groups excluding carboxylic acids is 1. The molecule has 3 N–H and O–H groups in total. The zero-order valence-corrected chi connectivity index (χ0v) is 15.0. The number of carbonyl (C=O) groups is 1. The van der Waals surface area contributed by atoms with Gasteiger partial charge >= 0.3 is 0 Å². The predicted molar refractivity (Wildman–Crippen MR) is 92.7 cm³/mol. The van der Waals surface area contributed by atoms with Crippen molar-refractivity contribution in [2.45, 2.75) is 6.42 Å². The minimum absolute atomic E-state index is 0.0978. The van der Waals surface area contributed by atoms with E-state index >= 15 is 0 Å². The molecular weight excluding hydrogens is 452 g/mol. The average molecular weight is 463 g/mol. The number of nitrogens with one attached hydrogen (secondary N) is 1. The van der Waals surface area contributed by atoms with Gasteiger partial charge in [-0.25, -0.2) is 0 Å². The summed E-state index contributed by atoms with van der Waals surface area (Å²) in [6.45, 7) is 0. The molecule has 0 atom stereocenters. The summed E-state index contributed by atoms with van der Waals surface area (Å²) in [5.41, 5.74) is 7.95. The maximum absolute atomic E-state index is 12.1. The SMILES string of the molecule is Nc1cccc(CC(=O)Nc2c(Br)cc(Br)cc2Br)c1. The van der Waals surface area contributed by atoms with Crippen molar-refractivity contribution in [1.82, 2.24) is 0 Å². The molecule has 0 aliphatic heterocycles. The van der Waals surface area contributed by atoms with Gasteiger partial charge in [0, 0.05) is 19.1 Å². The van der Waals surface area contributed by atoms with Crippen LogP contribution in [0.15, 0.2) is 49.8 Å². The second kappa shape index (κ2) is 6.74. The third-order valence-corrected chi connectivity index (χ3v) is 4.30. The third kappa shape index (κ3) is 4.07. The quantitative estimate of drug-likeness (QED) is 0.647. The summed E-state index contributed by atoms with van der Waals surface area (Å²) in [5, 5.41) is 2.88. The second-order valence-corrected chi connectivity index (χ2v) is 6.84. The highest BCUT2D eigenvalue weighted by Gasteiger charge is 2.11. The van der Waals surface area contributed by atoms with Crippen LogP contribution in [0.5, 0.6) is 0 Å². The molecule has 0 aliphatic carbocycles. The van der Waals surface area contributed by atoms with Crippen molar-refractivity contribution in [3.8, 4) is 0 Å². The van der Waals surface area contributed by atoms with Gasteiger partial charge in [-0.05, 0) is 61.7 Å². The Hall–Kier alpha value is -0.850. The first-order chi connectivity index (χ1) is 9.45. The van der Waals surface area contributed by atoms with Gasteiger partial charge in [-0.15, -0.1) is 0 Å². The molecule has 0 heterocycles. The van der Waals surface area contributed by atoms with Crippen molar-refractivity contribution < 1.29 is 4.79 Å². The number of rotatable bonds is 3. The number of hydrogen-bond donors (Lipinski definition) is 2. The summed E-state index contributed by atoms with van der Waals surface area (Å²) in [6.07, 6.45) is 0.278. The minimum atomic E-state index is -0.0978. The van der Waals surface area contributed by atoms with Gasteiger partial charge < -0.3 is 11.1 Å². The lowest BCUT2D eigenvalue weighted by molar-refractivity contribution is -0.115. The molecule has 0 saturated heterocycles. The van der Waals surface area contributed by atoms with Crippen LogP contribution >= 0.6 is 47.8 Å². The highest BCUT2D eigenvalue weighted by Crippen LogP contribution is 2.34. The highest BCUT2D eigenvalue weighted by atomic mass is 79.9. The predicted octanol–water partition coefficient (Wildman–Crippen LogP) is 4.74. The molecule has 1 amide bonds. The number of anilines is 2. The van der Waals surface area contributed by atoms with Gasteiger partial charge in [-0.3, -0.25) is 4.79 Å². The van der Waals surface area contributed by atoms with E-state index in [1.807, 2.05) is 24.3 Å². The average Bonchev–Trinajstić information content (AvgIpc) is 2.33. The molecule has 0 spiro atoms. The number of nitrogens with two attached hydrogens (primary N) is 1. The van der Waals surface area contributed by atoms with Crippen LogP contribution in [-0.2, 0) is 11.2 Å². The van der Waals surface area contributed by atoms with E-state index in [2.05, 4.69) is 53.1 Å². The molecule has 3 nitrogen and oxygen atoms in total. The lowest BCUT2D eigenvalue weighted by Gasteiger charge is -2.10. The molecular formula is C14H11Br3N2O. The van der Waals surface area contributed by atoms with Crippen LogP contribution in [0.4, 0.5) is 11.4 Å². The molecule has 0 fully saturated rings. The van der Waals surface area contributed by atoms with E-state index in [4.69, 9.17) is 5.73 Å². The molecule has 0 saturated carbocycles. The number of halogens is 3. The summed E-state index contributed by atoms with van der Waals surface area (Å²) in [6, 6.07) is 11.1. The maximum Gasteiger partial charge on any atom is 0.228 e. The highest BCUT2D eigenvalue weighted by molar-refractivity contribution is 9.11. The first kappa shape index (κ1) is 15.5. The van der Waals surface area contributed by atoms with Crippen LogP contribution in [0.25, 0.3) is 0 Å². The van der Waals surface area contributed by atoms with Crippen LogP contribution in [0.2, 0.25) is 0 Å². The van der Waals surface area contributed by atoms with E-state index in [9.17, 15) is 4.79 Å². The Morgan fingerprint density at radius 2 is 1.75 bits per heavy atom. The van der Waals surface area contributed by atoms with E-state index in [1.54, 1.807) is 12.1 Å². The Balaban J connectivity index is 2.13. The molecule has 0 radical (unpaired) electrons. The van der Waals surface area contributed by atoms with Gasteiger partial charge in [0.25, 0.3) is 0 Å². The standard InChI is InChI=1S/C14H11Br3N2O/c15-9-6-11(16)14(12(17)7-9)19-13(20)5-8-2-1-3-10(18)4-8/h1-4,6-7H,5,18H2,(H,19,20). The van der Waals surface area contributed by atoms with Crippen LogP contribution in [0.1, 0.15) is 5.56 Å². The molecule has 0 bridgehead atoms. The maximum atomic E-state index is 12.1. The number of amides is 1. The molecule has 2 rings (SSSR count). The van der Waals surface area contributed by atoms with Crippen molar-refractivity contribution in [3.05, 3.63) is 55.4 Å². The molecule has 6 heteroatoms. The first-order valence-electron chi connectivity index (χ1n) is 5.74. The topological polar surface area (TPSA) is 55.1 Å². The summed E-state index contributed by atoms with van der Waals surface area (Å²) >= 11 is 10.2. The van der Waals surface area contributed by atoms with E-state index < -0.39 is 0 Å². The fourth-order valence-corrected chi connectivity index (χ4v) is 4.19. The Labute approximate surface area is 142 Å². The number of nitrogen functional groups attached to an aromatic ring is 1. The Kier molecular flexibility index (Phi) is 5.23. The fraction of sp³-hybridized carbons (Fsp3) is 0.0714. The van der Waals surface area contributed by atoms with Gasteiger partial charge in [0.15, 0.2) is 0 Å². The van der Waals surface area contributed by atoms with Gasteiger partial charge in [-0.1, -0.05) is 28.1 Å². The van der Waals surface area contributed by atoms with Crippen molar-refractivity contribution in [2.75, 3.05) is 11.1 Å². The van der Waals surface area contributed by atoms with Crippen LogP contribution in [0.3, 0.4) is 0 Å². The molecule has 2 aromatic carbocycles. The van der Waals surface area contributed by atoms with Crippen LogP contribution in [0, 0.1) is 0 Å². The van der Waals surface area contributed by atoms with Gasteiger partial charge in [-0.2, -0.15) is 0 Å². The zero-order valence-electron chi connectivity index (χ0n) is 10.3. The first-order valence-corrected chi connectivity index (χ1v) is 8.12. The molecule has 104 valence electrons. The van der Waals surface area contributed by atoms with E-state index in [0.29, 0.717) is 11.4 Å². The van der Waals surface area contributed by atoms with Gasteiger partial charge in [0.2, 0.25) is 5.91 Å². The fourth-order valence-electron chi connectivity index (χ4n) is 1.73. The van der Waals surface area contributed by atoms with Crippen molar-refractivity contribution in [3.63, 3.8) is 0 Å². The summed E-state index contributed by atoms with van der Waals surface area (Å²) in [5.74, 6) is -0.0978. The van der Waals surface area contributed by atoms with Gasteiger partial charge in [0.05, 0.1) is 12.1 Å². The Morgan fingerprint density at radius 1 is 1.10 bits per heavy atom. The van der Waals surface area contributed by atoms with Crippen LogP contribution < -0.4 is 11.1 Å². The second-order valence-electron chi connectivity index (χ2n) is 4.21. The summed E-state index contributed by atoms with van der Waals surface area (Å²) in [7, 11) is 0. The Bertz CT molecular complexity index is 636. The minimum Gasteiger partial charge on any atom is -0.399 e. The molecule has 2 aromatic rings. The van der Waals surface area contributed by atoms with Crippen molar-refractivity contribution >= 4 is 65.1 Å². The van der Waals surface area contributed by atoms with Crippen LogP contribution in [-0.4, -0.2) is 5.91 Å². The summed E-state index contributed by atoms with van der Waals surface area (Å²) < 4.78 is 2.53. The molecule has 0 aliphatic rings. The molecule has 0 aromatic heterocycles. The van der Waals surface area contributed by atoms with E-state index in [0.717, 1.165) is 19.0 Å². The summed E-state index contributed by atoms with van der Waals surface area (Å²) in [4.78, 5) is 12.1. The molecule has 0 unspecified atom stereocenters. The molecule has 20 heavy (non-hydrogen) atoms. The number of benzene rings is 2. The third-order valence-electron chi connectivity index (χ3n) is 2.59. The van der Waals surface area contributed by atoms with Gasteiger partial charge in [0.1, 0.15) is 0 Å². The number of hydrogen-bond acceptors (Lipinski definition) is 2. The van der Waals surface area contributed by atoms with E-state index in [1.165, 1.54) is 0 Å². The lowest BCUT2D eigenvalue weighted by Crippen LogP contribution is -2.15. The van der Waals surface area contributed by atoms with Crippen molar-refractivity contribution in [1.29, 1.82) is 0 Å². The smallest absolute Gasteiger partial charge is 0.228 e.